The van der Waals surface area contributed by atoms with Crippen molar-refractivity contribution in [3.8, 4) is 0 Å². The maximum Gasteiger partial charge on any atom is -0.0136 e. The highest BCUT2D eigenvalue weighted by molar-refractivity contribution is 5.10. The average Bonchev–Trinajstić information content (AvgIpc) is 2.87. The minimum absolute atomic E-state index is 0.574. The van der Waals surface area contributed by atoms with E-state index in [4.69, 9.17) is 0 Å². The number of unbranched alkanes of at least 4 members (excludes halogenated alkanes) is 5. The summed E-state index contributed by atoms with van der Waals surface area (Å²) in [4.78, 5) is 0. The van der Waals surface area contributed by atoms with Crippen LogP contribution in [0.4, 0.5) is 0 Å². The first-order valence-corrected chi connectivity index (χ1v) is 8.92. The lowest BCUT2D eigenvalue weighted by molar-refractivity contribution is 0.389. The van der Waals surface area contributed by atoms with Gasteiger partial charge in [0, 0.05) is 0 Å². The van der Waals surface area contributed by atoms with Crippen LogP contribution in [0.15, 0.2) is 62.8 Å². The van der Waals surface area contributed by atoms with E-state index >= 15 is 0 Å². The third-order valence-electron chi connectivity index (χ3n) is 5.01. The molecule has 1 aliphatic carbocycles. The van der Waals surface area contributed by atoms with Crippen molar-refractivity contribution >= 4 is 0 Å². The Morgan fingerprint density at radius 1 is 0.773 bits per heavy atom. The van der Waals surface area contributed by atoms with Crippen molar-refractivity contribution in [2.45, 2.75) is 51.4 Å². The lowest BCUT2D eigenvalue weighted by atomic mass is 9.84. The Kier molecular flexibility index (Phi) is 9.62. The van der Waals surface area contributed by atoms with Gasteiger partial charge in [-0.2, -0.15) is 0 Å². The molecular formula is C22H34. The summed E-state index contributed by atoms with van der Waals surface area (Å²) in [6.45, 7) is 15.8. The molecule has 0 saturated heterocycles. The summed E-state index contributed by atoms with van der Waals surface area (Å²) in [7, 11) is 0. The zero-order valence-electron chi connectivity index (χ0n) is 14.3. The number of rotatable bonds is 12. The summed E-state index contributed by atoms with van der Waals surface area (Å²) < 4.78 is 0. The first-order valence-electron chi connectivity index (χ1n) is 8.92. The van der Waals surface area contributed by atoms with E-state index in [2.05, 4.69) is 50.6 Å². The second-order valence-electron chi connectivity index (χ2n) is 6.51. The zero-order valence-corrected chi connectivity index (χ0v) is 14.3. The summed E-state index contributed by atoms with van der Waals surface area (Å²) in [5.41, 5.74) is 0. The van der Waals surface area contributed by atoms with E-state index in [1.165, 1.54) is 38.5 Å². The maximum atomic E-state index is 4.07. The smallest absolute Gasteiger partial charge is 0.0136 e. The van der Waals surface area contributed by atoms with E-state index in [9.17, 15) is 0 Å². The van der Waals surface area contributed by atoms with Crippen molar-refractivity contribution < 1.29 is 0 Å². The molecule has 0 spiro atoms. The van der Waals surface area contributed by atoms with Crippen LogP contribution in [0.2, 0.25) is 0 Å². The highest BCUT2D eigenvalue weighted by atomic mass is 14.4. The van der Waals surface area contributed by atoms with Crippen LogP contribution in [0.25, 0.3) is 0 Å². The van der Waals surface area contributed by atoms with Gasteiger partial charge in [0.25, 0.3) is 0 Å². The molecule has 0 heterocycles. The van der Waals surface area contributed by atoms with Gasteiger partial charge in [-0.3, -0.25) is 0 Å². The fraction of sp³-hybridized carbons (Fsp3) is 0.545. The van der Waals surface area contributed by atoms with Crippen LogP contribution in [0, 0.1) is 23.7 Å². The first-order chi connectivity index (χ1) is 10.8. The second kappa shape index (κ2) is 11.3. The molecule has 4 unspecified atom stereocenters. The molecule has 0 aromatic rings. The predicted molar refractivity (Wildman–Crippen MR) is 101 cm³/mol. The van der Waals surface area contributed by atoms with Gasteiger partial charge in [-0.15, -0.1) is 26.3 Å². The van der Waals surface area contributed by atoms with Crippen LogP contribution in [0.5, 0.6) is 0 Å². The maximum absolute atomic E-state index is 4.07. The van der Waals surface area contributed by atoms with Crippen molar-refractivity contribution in [3.63, 3.8) is 0 Å². The Bertz CT molecular complexity index is 373. The Balaban J connectivity index is 2.38. The summed E-state index contributed by atoms with van der Waals surface area (Å²) in [6, 6.07) is 0. The summed E-state index contributed by atoms with van der Waals surface area (Å²) in [5, 5.41) is 0. The molecule has 0 amide bonds. The molecule has 0 radical (unpaired) electrons. The van der Waals surface area contributed by atoms with E-state index in [-0.39, 0.29) is 0 Å². The number of hydrogen-bond donors (Lipinski definition) is 0. The minimum atomic E-state index is 0.574. The molecular weight excluding hydrogens is 264 g/mol. The molecule has 0 heteroatoms. The summed E-state index contributed by atoms with van der Waals surface area (Å²) >= 11 is 0. The van der Waals surface area contributed by atoms with Gasteiger partial charge in [0.2, 0.25) is 0 Å². The van der Waals surface area contributed by atoms with Gasteiger partial charge in [0.05, 0.1) is 0 Å². The highest BCUT2D eigenvalue weighted by Gasteiger charge is 2.37. The largest absolute Gasteiger partial charge is 0.103 e. The molecule has 0 aliphatic heterocycles. The van der Waals surface area contributed by atoms with Gasteiger partial charge in [-0.1, -0.05) is 49.3 Å². The number of hydrogen-bond acceptors (Lipinski definition) is 0. The molecule has 0 nitrogen and oxygen atoms in total. The molecule has 122 valence electrons. The van der Waals surface area contributed by atoms with Gasteiger partial charge < -0.3 is 0 Å². The van der Waals surface area contributed by atoms with Crippen LogP contribution >= 0.6 is 0 Å². The fourth-order valence-corrected chi connectivity index (χ4v) is 3.78. The van der Waals surface area contributed by atoms with Crippen molar-refractivity contribution in [2.24, 2.45) is 23.7 Å². The Morgan fingerprint density at radius 2 is 1.50 bits per heavy atom. The molecule has 4 atom stereocenters. The molecule has 0 aromatic heterocycles. The standard InChI is InChI=1S/C22H34/c1-5-9-10-11-12-13-14-15-17-20-18-19(7-3)22(16-6-2)21(20)8-4/h5-8,15,17,19-22H,1-4,9-14,16,18H2/b17-15-. The van der Waals surface area contributed by atoms with Crippen LogP contribution in [0.3, 0.4) is 0 Å². The van der Waals surface area contributed by atoms with Gasteiger partial charge in [-0.05, 0) is 62.2 Å². The van der Waals surface area contributed by atoms with Gasteiger partial charge >= 0.3 is 0 Å². The van der Waals surface area contributed by atoms with E-state index in [0.717, 1.165) is 12.8 Å². The first kappa shape index (κ1) is 18.7. The topological polar surface area (TPSA) is 0 Å². The number of allylic oxidation sites excluding steroid dienone is 6. The van der Waals surface area contributed by atoms with Crippen LogP contribution in [0.1, 0.15) is 51.4 Å². The van der Waals surface area contributed by atoms with Crippen LogP contribution in [-0.4, -0.2) is 0 Å². The normalized spacial score (nSPS) is 27.8. The second-order valence-corrected chi connectivity index (χ2v) is 6.51. The van der Waals surface area contributed by atoms with Crippen molar-refractivity contribution in [1.29, 1.82) is 0 Å². The average molecular weight is 299 g/mol. The summed E-state index contributed by atoms with van der Waals surface area (Å²) in [6.07, 6.45) is 23.1. The quantitative estimate of drug-likeness (QED) is 0.272. The molecule has 0 aromatic carbocycles. The summed E-state index contributed by atoms with van der Waals surface area (Å²) in [5.74, 6) is 2.45. The van der Waals surface area contributed by atoms with Crippen molar-refractivity contribution in [1.82, 2.24) is 0 Å². The van der Waals surface area contributed by atoms with Crippen molar-refractivity contribution in [3.05, 3.63) is 62.8 Å². The Morgan fingerprint density at radius 3 is 2.09 bits per heavy atom. The monoisotopic (exact) mass is 298 g/mol. The SMILES string of the molecule is C=CCCCCCC/C=C\C1CC(C=C)C(CC=C)C1C=C. The molecule has 0 N–H and O–H groups in total. The Hall–Kier alpha value is -1.30. The fourth-order valence-electron chi connectivity index (χ4n) is 3.78. The minimum Gasteiger partial charge on any atom is -0.103 e. The third kappa shape index (κ3) is 5.83. The van der Waals surface area contributed by atoms with Crippen LogP contribution < -0.4 is 0 Å². The molecule has 1 rings (SSSR count). The Labute approximate surface area is 138 Å². The van der Waals surface area contributed by atoms with E-state index in [0.29, 0.717) is 23.7 Å². The van der Waals surface area contributed by atoms with E-state index in [1.807, 2.05) is 12.2 Å². The van der Waals surface area contributed by atoms with E-state index < -0.39 is 0 Å². The van der Waals surface area contributed by atoms with Gasteiger partial charge in [-0.25, -0.2) is 0 Å². The van der Waals surface area contributed by atoms with Gasteiger partial charge in [0.1, 0.15) is 0 Å². The molecule has 1 saturated carbocycles. The van der Waals surface area contributed by atoms with Gasteiger partial charge in [0.15, 0.2) is 0 Å². The third-order valence-corrected chi connectivity index (χ3v) is 5.01. The molecule has 22 heavy (non-hydrogen) atoms. The van der Waals surface area contributed by atoms with Crippen LogP contribution in [-0.2, 0) is 0 Å². The lowest BCUT2D eigenvalue weighted by Crippen LogP contribution is -2.13. The van der Waals surface area contributed by atoms with E-state index in [1.54, 1.807) is 0 Å². The highest BCUT2D eigenvalue weighted by Crippen LogP contribution is 2.45. The molecule has 1 fully saturated rings. The lowest BCUT2D eigenvalue weighted by Gasteiger charge is -2.20. The molecule has 1 aliphatic rings. The zero-order chi connectivity index (χ0) is 16.2. The predicted octanol–water partition coefficient (Wildman–Crippen LogP) is 6.89. The molecule has 0 bridgehead atoms. The van der Waals surface area contributed by atoms with Crippen molar-refractivity contribution in [2.75, 3.05) is 0 Å².